The summed E-state index contributed by atoms with van der Waals surface area (Å²) in [7, 11) is 0. The molecule has 1 N–H and O–H groups in total. The zero-order valence-electron chi connectivity index (χ0n) is 12.2. The molecule has 17 heavy (non-hydrogen) atoms. The maximum atomic E-state index is 3.55. The normalized spacial score (nSPS) is 23.8. The molecule has 102 valence electrons. The number of hydrogen-bond acceptors (Lipinski definition) is 2. The van der Waals surface area contributed by atoms with Crippen molar-refractivity contribution >= 4 is 0 Å². The average molecular weight is 240 g/mol. The van der Waals surface area contributed by atoms with E-state index in [1.807, 2.05) is 0 Å². The first-order chi connectivity index (χ1) is 8.33. The Labute approximate surface area is 108 Å². The smallest absolute Gasteiger partial charge is 0.0223 e. The van der Waals surface area contributed by atoms with E-state index in [4.69, 9.17) is 0 Å². The summed E-state index contributed by atoms with van der Waals surface area (Å²) in [6.45, 7) is 10.5. The average Bonchev–Trinajstić information content (AvgIpc) is 2.36. The van der Waals surface area contributed by atoms with Crippen molar-refractivity contribution in [3.63, 3.8) is 0 Å². The molecule has 0 aromatic heterocycles. The van der Waals surface area contributed by atoms with Gasteiger partial charge in [0.1, 0.15) is 0 Å². The van der Waals surface area contributed by atoms with Crippen LogP contribution in [0, 0.1) is 0 Å². The fourth-order valence-electron chi connectivity index (χ4n) is 3.18. The lowest BCUT2D eigenvalue weighted by molar-refractivity contribution is 0.0822. The summed E-state index contributed by atoms with van der Waals surface area (Å²) in [6.07, 6.45) is 9.68. The van der Waals surface area contributed by atoms with Gasteiger partial charge in [-0.1, -0.05) is 40.0 Å². The van der Waals surface area contributed by atoms with Gasteiger partial charge >= 0.3 is 0 Å². The highest BCUT2D eigenvalue weighted by Crippen LogP contribution is 2.24. The van der Waals surface area contributed by atoms with Crippen molar-refractivity contribution in [1.29, 1.82) is 0 Å². The standard InChI is InChI=1S/C15H32N2/c1-4-9-14-11-7-8-12-17(14)15(10-5-2)13-16-6-3/h14-16H,4-13H2,1-3H3. The zero-order chi connectivity index (χ0) is 12.5. The first-order valence-electron chi connectivity index (χ1n) is 7.79. The topological polar surface area (TPSA) is 15.3 Å². The lowest BCUT2D eigenvalue weighted by atomic mass is 9.95. The van der Waals surface area contributed by atoms with Crippen LogP contribution in [0.15, 0.2) is 0 Å². The van der Waals surface area contributed by atoms with Crippen LogP contribution in [0.3, 0.4) is 0 Å². The molecule has 2 atom stereocenters. The van der Waals surface area contributed by atoms with Crippen LogP contribution in [0.4, 0.5) is 0 Å². The second-order valence-electron chi connectivity index (χ2n) is 5.43. The largest absolute Gasteiger partial charge is 0.315 e. The molecule has 1 saturated heterocycles. The monoisotopic (exact) mass is 240 g/mol. The minimum atomic E-state index is 0.775. The Morgan fingerprint density at radius 1 is 1.18 bits per heavy atom. The Morgan fingerprint density at radius 3 is 2.65 bits per heavy atom. The summed E-state index contributed by atoms with van der Waals surface area (Å²) >= 11 is 0. The fourth-order valence-corrected chi connectivity index (χ4v) is 3.18. The van der Waals surface area contributed by atoms with E-state index in [0.717, 1.165) is 18.6 Å². The summed E-state index contributed by atoms with van der Waals surface area (Å²) in [5, 5.41) is 3.55. The Balaban J connectivity index is 2.53. The van der Waals surface area contributed by atoms with Gasteiger partial charge < -0.3 is 5.32 Å². The third-order valence-electron chi connectivity index (χ3n) is 4.02. The highest BCUT2D eigenvalue weighted by molar-refractivity contribution is 4.83. The molecule has 0 aromatic rings. The van der Waals surface area contributed by atoms with Crippen LogP contribution in [-0.2, 0) is 0 Å². The minimum absolute atomic E-state index is 0.775. The van der Waals surface area contributed by atoms with E-state index in [0.29, 0.717) is 0 Å². The maximum absolute atomic E-state index is 3.55. The van der Waals surface area contributed by atoms with Gasteiger partial charge in [0, 0.05) is 18.6 Å². The Bertz CT molecular complexity index is 180. The molecule has 1 fully saturated rings. The number of rotatable bonds is 8. The highest BCUT2D eigenvalue weighted by atomic mass is 15.2. The van der Waals surface area contributed by atoms with Gasteiger partial charge in [-0.05, 0) is 38.8 Å². The van der Waals surface area contributed by atoms with Crippen LogP contribution < -0.4 is 5.32 Å². The van der Waals surface area contributed by atoms with Crippen molar-refractivity contribution in [3.8, 4) is 0 Å². The van der Waals surface area contributed by atoms with E-state index in [-0.39, 0.29) is 0 Å². The van der Waals surface area contributed by atoms with E-state index >= 15 is 0 Å². The SMILES string of the molecule is CCCC1CCCCN1C(CCC)CNCC. The molecule has 0 amide bonds. The van der Waals surface area contributed by atoms with Gasteiger partial charge in [0.2, 0.25) is 0 Å². The third-order valence-corrected chi connectivity index (χ3v) is 4.02. The number of nitrogens with one attached hydrogen (secondary N) is 1. The van der Waals surface area contributed by atoms with E-state index in [2.05, 4.69) is 31.0 Å². The Morgan fingerprint density at radius 2 is 2.00 bits per heavy atom. The van der Waals surface area contributed by atoms with Gasteiger partial charge in [-0.3, -0.25) is 4.90 Å². The van der Waals surface area contributed by atoms with Crippen molar-refractivity contribution in [2.45, 2.75) is 77.8 Å². The van der Waals surface area contributed by atoms with Crippen LogP contribution in [0.25, 0.3) is 0 Å². The molecule has 1 aliphatic rings. The van der Waals surface area contributed by atoms with Crippen molar-refractivity contribution in [2.24, 2.45) is 0 Å². The number of likely N-dealkylation sites (tertiary alicyclic amines) is 1. The number of hydrogen-bond donors (Lipinski definition) is 1. The number of piperidine rings is 1. The van der Waals surface area contributed by atoms with E-state index in [1.54, 1.807) is 0 Å². The molecule has 0 saturated carbocycles. The maximum Gasteiger partial charge on any atom is 0.0223 e. The van der Waals surface area contributed by atoms with E-state index in [1.165, 1.54) is 58.0 Å². The molecule has 2 heteroatoms. The molecule has 1 aliphatic heterocycles. The molecule has 0 aliphatic carbocycles. The molecule has 1 heterocycles. The van der Waals surface area contributed by atoms with E-state index in [9.17, 15) is 0 Å². The molecular formula is C15H32N2. The molecule has 0 aromatic carbocycles. The number of likely N-dealkylation sites (N-methyl/N-ethyl adjacent to an activating group) is 1. The fraction of sp³-hybridized carbons (Fsp3) is 1.00. The Hall–Kier alpha value is -0.0800. The van der Waals surface area contributed by atoms with Gasteiger partial charge in [0.15, 0.2) is 0 Å². The molecule has 0 bridgehead atoms. The van der Waals surface area contributed by atoms with Crippen molar-refractivity contribution in [2.75, 3.05) is 19.6 Å². The Kier molecular flexibility index (Phi) is 7.87. The number of nitrogens with zero attached hydrogens (tertiary/aromatic N) is 1. The molecule has 2 unspecified atom stereocenters. The van der Waals surface area contributed by atoms with Gasteiger partial charge in [-0.2, -0.15) is 0 Å². The van der Waals surface area contributed by atoms with Crippen LogP contribution in [-0.4, -0.2) is 36.6 Å². The van der Waals surface area contributed by atoms with Crippen LogP contribution in [0.2, 0.25) is 0 Å². The third kappa shape index (κ3) is 4.97. The van der Waals surface area contributed by atoms with Gasteiger partial charge in [-0.25, -0.2) is 0 Å². The molecule has 0 radical (unpaired) electrons. The predicted molar refractivity (Wildman–Crippen MR) is 76.5 cm³/mol. The van der Waals surface area contributed by atoms with Crippen molar-refractivity contribution in [1.82, 2.24) is 10.2 Å². The second-order valence-corrected chi connectivity index (χ2v) is 5.43. The molecule has 2 nitrogen and oxygen atoms in total. The van der Waals surface area contributed by atoms with Gasteiger partial charge in [0.25, 0.3) is 0 Å². The molecular weight excluding hydrogens is 208 g/mol. The lowest BCUT2D eigenvalue weighted by Gasteiger charge is -2.41. The van der Waals surface area contributed by atoms with Gasteiger partial charge in [0.05, 0.1) is 0 Å². The zero-order valence-corrected chi connectivity index (χ0v) is 12.2. The quantitative estimate of drug-likeness (QED) is 0.699. The second kappa shape index (κ2) is 8.93. The van der Waals surface area contributed by atoms with Crippen molar-refractivity contribution in [3.05, 3.63) is 0 Å². The summed E-state index contributed by atoms with van der Waals surface area (Å²) in [5.41, 5.74) is 0. The first kappa shape index (κ1) is 15.0. The molecule has 1 rings (SSSR count). The van der Waals surface area contributed by atoms with Crippen LogP contribution >= 0.6 is 0 Å². The summed E-state index contributed by atoms with van der Waals surface area (Å²) in [5.74, 6) is 0. The summed E-state index contributed by atoms with van der Waals surface area (Å²) in [6, 6.07) is 1.64. The van der Waals surface area contributed by atoms with Crippen LogP contribution in [0.5, 0.6) is 0 Å². The minimum Gasteiger partial charge on any atom is -0.315 e. The summed E-state index contributed by atoms with van der Waals surface area (Å²) in [4.78, 5) is 2.82. The predicted octanol–water partition coefficient (Wildman–Crippen LogP) is 3.42. The first-order valence-corrected chi connectivity index (χ1v) is 7.79. The summed E-state index contributed by atoms with van der Waals surface area (Å²) < 4.78 is 0. The highest BCUT2D eigenvalue weighted by Gasteiger charge is 2.27. The van der Waals surface area contributed by atoms with Crippen LogP contribution in [0.1, 0.15) is 65.7 Å². The van der Waals surface area contributed by atoms with Gasteiger partial charge in [-0.15, -0.1) is 0 Å². The lowest BCUT2D eigenvalue weighted by Crippen LogP contribution is -2.50. The molecule has 0 spiro atoms. The van der Waals surface area contributed by atoms with Crippen molar-refractivity contribution < 1.29 is 0 Å². The van der Waals surface area contributed by atoms with E-state index < -0.39 is 0 Å².